The summed E-state index contributed by atoms with van der Waals surface area (Å²) in [5.74, 6) is -0.0924. The summed E-state index contributed by atoms with van der Waals surface area (Å²) in [7, 11) is 0. The topological polar surface area (TPSA) is 90.4 Å². The number of hydrogen-bond donors (Lipinski definition) is 1. The quantitative estimate of drug-likeness (QED) is 0.811. The smallest absolute Gasteiger partial charge is 0.303 e. The van der Waals surface area contributed by atoms with Gasteiger partial charge in [0.05, 0.1) is 11.8 Å². The van der Waals surface area contributed by atoms with Crippen molar-refractivity contribution >= 4 is 11.9 Å². The molecule has 25 heavy (non-hydrogen) atoms. The summed E-state index contributed by atoms with van der Waals surface area (Å²) in [6.07, 6.45) is 0.391. The molecule has 0 saturated carbocycles. The van der Waals surface area contributed by atoms with Gasteiger partial charge in [-0.1, -0.05) is 12.1 Å². The second-order valence-electron chi connectivity index (χ2n) is 5.99. The molecule has 0 radical (unpaired) electrons. The summed E-state index contributed by atoms with van der Waals surface area (Å²) in [6.45, 7) is 6.35. The van der Waals surface area contributed by atoms with E-state index in [1.807, 2.05) is 38.1 Å². The summed E-state index contributed by atoms with van der Waals surface area (Å²) in [5, 5.41) is 2.49. The lowest BCUT2D eigenvalue weighted by Crippen LogP contribution is -2.15. The van der Waals surface area contributed by atoms with Gasteiger partial charge in [-0.25, -0.2) is 4.68 Å². The molecule has 0 bridgehead atoms. The number of aromatic amines is 1. The van der Waals surface area contributed by atoms with Crippen LogP contribution in [0.4, 0.5) is 0 Å². The van der Waals surface area contributed by atoms with Gasteiger partial charge in [-0.3, -0.25) is 19.5 Å². The Morgan fingerprint density at radius 1 is 1.16 bits per heavy atom. The molecule has 1 aromatic carbocycles. The van der Waals surface area contributed by atoms with Crippen LogP contribution in [0.2, 0.25) is 0 Å². The molecule has 0 amide bonds. The third-order valence-corrected chi connectivity index (χ3v) is 3.51. The zero-order valence-electron chi connectivity index (χ0n) is 14.8. The molecule has 0 saturated heterocycles. The second kappa shape index (κ2) is 7.83. The highest BCUT2D eigenvalue weighted by molar-refractivity contribution is 5.76. The highest BCUT2D eigenvalue weighted by Crippen LogP contribution is 2.17. The van der Waals surface area contributed by atoms with Gasteiger partial charge in [0.1, 0.15) is 12.4 Å². The number of carbonyl (C=O) groups excluding carboxylic acids is 2. The van der Waals surface area contributed by atoms with Crippen LogP contribution in [0, 0.1) is 0 Å². The molecular weight excluding hydrogens is 324 g/mol. The molecule has 0 aliphatic heterocycles. The molecular formula is C18H22N2O5. The number of nitrogens with zero attached hydrogens (tertiary/aromatic N) is 1. The Labute approximate surface area is 145 Å². The van der Waals surface area contributed by atoms with E-state index in [9.17, 15) is 14.4 Å². The van der Waals surface area contributed by atoms with Gasteiger partial charge in [-0.05, 0) is 31.5 Å². The van der Waals surface area contributed by atoms with Crippen molar-refractivity contribution in [2.24, 2.45) is 0 Å². The number of carbonyl (C=O) groups is 2. The molecule has 0 unspecified atom stereocenters. The Morgan fingerprint density at radius 3 is 2.32 bits per heavy atom. The highest BCUT2D eigenvalue weighted by Gasteiger charge is 2.18. The number of H-pyrrole nitrogens is 1. The Hall–Kier alpha value is -2.83. The minimum absolute atomic E-state index is 0.0774. The summed E-state index contributed by atoms with van der Waals surface area (Å²) < 4.78 is 11.7. The SMILES string of the molecule is CC(=O)OCc1c(Cc2ccc(OC(C)C)cc2)c(=O)[nH]n1C(C)=O. The maximum atomic E-state index is 12.2. The molecule has 2 rings (SSSR count). The first-order chi connectivity index (χ1) is 11.8. The van der Waals surface area contributed by atoms with E-state index in [0.29, 0.717) is 17.7 Å². The number of ether oxygens (including phenoxy) is 2. The van der Waals surface area contributed by atoms with Gasteiger partial charge in [0.2, 0.25) is 5.91 Å². The first-order valence-electron chi connectivity index (χ1n) is 8.00. The zero-order chi connectivity index (χ0) is 18.6. The molecule has 1 N–H and O–H groups in total. The van der Waals surface area contributed by atoms with Crippen LogP contribution in [-0.2, 0) is 22.6 Å². The van der Waals surface area contributed by atoms with Gasteiger partial charge in [-0.15, -0.1) is 0 Å². The van der Waals surface area contributed by atoms with E-state index < -0.39 is 5.97 Å². The Bertz CT molecular complexity index is 815. The Balaban J connectivity index is 2.30. The molecule has 1 aromatic heterocycles. The number of nitrogens with one attached hydrogen (secondary N) is 1. The predicted molar refractivity (Wildman–Crippen MR) is 91.8 cm³/mol. The van der Waals surface area contributed by atoms with Crippen molar-refractivity contribution in [3.63, 3.8) is 0 Å². The number of esters is 1. The van der Waals surface area contributed by atoms with Crippen LogP contribution in [0.25, 0.3) is 0 Å². The highest BCUT2D eigenvalue weighted by atomic mass is 16.5. The first kappa shape index (κ1) is 18.5. The fourth-order valence-corrected chi connectivity index (χ4v) is 2.44. The molecule has 7 nitrogen and oxygen atoms in total. The van der Waals surface area contributed by atoms with Crippen LogP contribution in [0.15, 0.2) is 29.1 Å². The number of rotatable bonds is 6. The molecule has 0 atom stereocenters. The molecule has 1 heterocycles. The molecule has 0 aliphatic rings. The van der Waals surface area contributed by atoms with Crippen LogP contribution in [0.5, 0.6) is 5.75 Å². The van der Waals surface area contributed by atoms with Crippen molar-refractivity contribution in [1.82, 2.24) is 9.78 Å². The third kappa shape index (κ3) is 4.82. The van der Waals surface area contributed by atoms with E-state index in [4.69, 9.17) is 9.47 Å². The summed E-state index contributed by atoms with van der Waals surface area (Å²) in [5.41, 5.74) is 1.26. The van der Waals surface area contributed by atoms with Crippen LogP contribution >= 0.6 is 0 Å². The van der Waals surface area contributed by atoms with Gasteiger partial charge in [0, 0.05) is 25.8 Å². The molecule has 2 aromatic rings. The third-order valence-electron chi connectivity index (χ3n) is 3.51. The monoisotopic (exact) mass is 346 g/mol. The van der Waals surface area contributed by atoms with E-state index in [1.54, 1.807) is 0 Å². The van der Waals surface area contributed by atoms with E-state index in [-0.39, 0.29) is 24.2 Å². The van der Waals surface area contributed by atoms with Crippen LogP contribution in [0.1, 0.15) is 49.3 Å². The van der Waals surface area contributed by atoms with E-state index in [2.05, 4.69) is 5.10 Å². The Morgan fingerprint density at radius 2 is 1.80 bits per heavy atom. The van der Waals surface area contributed by atoms with Gasteiger partial charge in [0.15, 0.2) is 0 Å². The normalized spacial score (nSPS) is 10.8. The van der Waals surface area contributed by atoms with E-state index in [0.717, 1.165) is 16.0 Å². The van der Waals surface area contributed by atoms with Gasteiger partial charge >= 0.3 is 5.97 Å². The van der Waals surface area contributed by atoms with Crippen molar-refractivity contribution < 1.29 is 19.1 Å². The maximum Gasteiger partial charge on any atom is 0.303 e. The molecule has 134 valence electrons. The summed E-state index contributed by atoms with van der Waals surface area (Å²) in [4.78, 5) is 35.0. The van der Waals surface area contributed by atoms with Crippen molar-refractivity contribution in [1.29, 1.82) is 0 Å². The number of benzene rings is 1. The summed E-state index contributed by atoms with van der Waals surface area (Å²) in [6, 6.07) is 7.38. The zero-order valence-corrected chi connectivity index (χ0v) is 14.8. The lowest BCUT2D eigenvalue weighted by atomic mass is 10.1. The van der Waals surface area contributed by atoms with Crippen molar-refractivity contribution in [3.05, 3.63) is 51.4 Å². The number of aromatic nitrogens is 2. The lowest BCUT2D eigenvalue weighted by Gasteiger charge is -2.10. The average molecular weight is 346 g/mol. The van der Waals surface area contributed by atoms with Crippen LogP contribution in [-0.4, -0.2) is 27.8 Å². The standard InChI is InChI=1S/C18H22N2O5/c1-11(2)25-15-7-5-14(6-8-15)9-16-17(10-24-13(4)22)20(12(3)21)19-18(16)23/h5-8,11H,9-10H2,1-4H3,(H,19,23). The minimum atomic E-state index is -0.482. The van der Waals surface area contributed by atoms with E-state index in [1.165, 1.54) is 13.8 Å². The predicted octanol–water partition coefficient (Wildman–Crippen LogP) is 2.28. The lowest BCUT2D eigenvalue weighted by molar-refractivity contribution is -0.142. The van der Waals surface area contributed by atoms with Crippen molar-refractivity contribution in [3.8, 4) is 5.75 Å². The average Bonchev–Trinajstić information content (AvgIpc) is 2.83. The van der Waals surface area contributed by atoms with Crippen LogP contribution < -0.4 is 10.3 Å². The van der Waals surface area contributed by atoms with Crippen molar-refractivity contribution in [2.75, 3.05) is 0 Å². The largest absolute Gasteiger partial charge is 0.491 e. The fraction of sp³-hybridized carbons (Fsp3) is 0.389. The van der Waals surface area contributed by atoms with Gasteiger partial charge in [-0.2, -0.15) is 0 Å². The first-order valence-corrected chi connectivity index (χ1v) is 8.00. The van der Waals surface area contributed by atoms with Gasteiger partial charge < -0.3 is 9.47 Å². The van der Waals surface area contributed by atoms with E-state index >= 15 is 0 Å². The fourth-order valence-electron chi connectivity index (χ4n) is 2.44. The second-order valence-corrected chi connectivity index (χ2v) is 5.99. The number of hydrogen-bond acceptors (Lipinski definition) is 5. The Kier molecular flexibility index (Phi) is 5.80. The minimum Gasteiger partial charge on any atom is -0.491 e. The molecule has 0 spiro atoms. The summed E-state index contributed by atoms with van der Waals surface area (Å²) >= 11 is 0. The van der Waals surface area contributed by atoms with Crippen molar-refractivity contribution in [2.45, 2.75) is 46.8 Å². The van der Waals surface area contributed by atoms with Crippen LogP contribution in [0.3, 0.4) is 0 Å². The molecule has 0 fully saturated rings. The molecule has 7 heteroatoms. The molecule has 0 aliphatic carbocycles. The van der Waals surface area contributed by atoms with Gasteiger partial charge in [0.25, 0.3) is 5.56 Å². The maximum absolute atomic E-state index is 12.2.